The maximum atomic E-state index is 13.3. The summed E-state index contributed by atoms with van der Waals surface area (Å²) in [4.78, 5) is 15.4. The normalized spacial score (nSPS) is 10.1. The van der Waals surface area contributed by atoms with Gasteiger partial charge in [-0.2, -0.15) is 0 Å². The topological polar surface area (TPSA) is 65.2 Å². The fraction of sp³-hybridized carbons (Fsp3) is 0.0769. The molecule has 1 aromatic carbocycles. The Morgan fingerprint density at radius 1 is 1.28 bits per heavy atom. The van der Waals surface area contributed by atoms with E-state index in [0.717, 1.165) is 0 Å². The molecule has 4 nitrogen and oxygen atoms in total. The number of halogens is 1. The number of rotatable bonds is 3. The lowest BCUT2D eigenvalue weighted by atomic mass is 10.2. The van der Waals surface area contributed by atoms with Crippen LogP contribution in [0.1, 0.15) is 16.1 Å². The Labute approximate surface area is 103 Å². The number of pyridine rings is 1. The van der Waals surface area contributed by atoms with Gasteiger partial charge in [0.1, 0.15) is 18.1 Å². The first-order chi connectivity index (χ1) is 8.66. The van der Waals surface area contributed by atoms with Crippen LogP contribution in [0.4, 0.5) is 10.1 Å². The lowest BCUT2D eigenvalue weighted by Crippen LogP contribution is -2.08. The van der Waals surface area contributed by atoms with Gasteiger partial charge in [0.25, 0.3) is 0 Å². The molecule has 0 atom stereocenters. The number of esters is 1. The van der Waals surface area contributed by atoms with E-state index in [4.69, 9.17) is 10.5 Å². The van der Waals surface area contributed by atoms with Gasteiger partial charge in [0, 0.05) is 5.56 Å². The van der Waals surface area contributed by atoms with Crippen molar-refractivity contribution < 1.29 is 13.9 Å². The molecule has 0 spiro atoms. The van der Waals surface area contributed by atoms with Crippen LogP contribution in [0.2, 0.25) is 0 Å². The standard InChI is InChI=1S/C13H11FN2O2/c14-11-4-2-1-3-9(11)8-18-13(17)12-6-5-10(15)7-16-12/h1-7H,8,15H2. The lowest BCUT2D eigenvalue weighted by Gasteiger charge is -2.05. The van der Waals surface area contributed by atoms with E-state index in [1.807, 2.05) is 0 Å². The molecule has 5 heteroatoms. The Morgan fingerprint density at radius 3 is 2.72 bits per heavy atom. The minimum atomic E-state index is -0.613. The van der Waals surface area contributed by atoms with Gasteiger partial charge in [-0.25, -0.2) is 14.2 Å². The molecule has 0 saturated heterocycles. The summed E-state index contributed by atoms with van der Waals surface area (Å²) in [7, 11) is 0. The molecule has 0 aliphatic heterocycles. The van der Waals surface area contributed by atoms with Crippen molar-refractivity contribution in [3.05, 3.63) is 59.7 Å². The van der Waals surface area contributed by atoms with Crippen LogP contribution in [0, 0.1) is 5.82 Å². The summed E-state index contributed by atoms with van der Waals surface area (Å²) in [6.07, 6.45) is 1.36. The van der Waals surface area contributed by atoms with Crippen LogP contribution in [0.25, 0.3) is 0 Å². The van der Waals surface area contributed by atoms with Gasteiger partial charge in [-0.05, 0) is 18.2 Å². The summed E-state index contributed by atoms with van der Waals surface area (Å²) in [6.45, 7) is -0.127. The number of nitrogen functional groups attached to an aromatic ring is 1. The molecule has 2 aromatic rings. The molecule has 1 heterocycles. The van der Waals surface area contributed by atoms with Crippen molar-refractivity contribution in [2.24, 2.45) is 0 Å². The summed E-state index contributed by atoms with van der Waals surface area (Å²) in [5.74, 6) is -1.02. The van der Waals surface area contributed by atoms with Crippen molar-refractivity contribution in [1.82, 2.24) is 4.98 Å². The van der Waals surface area contributed by atoms with E-state index < -0.39 is 11.8 Å². The third-order valence-corrected chi connectivity index (χ3v) is 2.31. The molecule has 0 aliphatic carbocycles. The Morgan fingerprint density at radius 2 is 2.06 bits per heavy atom. The average molecular weight is 246 g/mol. The third kappa shape index (κ3) is 2.82. The zero-order valence-corrected chi connectivity index (χ0v) is 9.47. The average Bonchev–Trinajstić information content (AvgIpc) is 2.38. The first-order valence-corrected chi connectivity index (χ1v) is 5.29. The smallest absolute Gasteiger partial charge is 0.357 e. The third-order valence-electron chi connectivity index (χ3n) is 2.31. The first kappa shape index (κ1) is 12.0. The summed E-state index contributed by atoms with van der Waals surface area (Å²) in [6, 6.07) is 9.12. The second-order valence-corrected chi connectivity index (χ2v) is 3.64. The van der Waals surface area contributed by atoms with Gasteiger partial charge in [0.05, 0.1) is 11.9 Å². The summed E-state index contributed by atoms with van der Waals surface area (Å²) < 4.78 is 18.2. The van der Waals surface area contributed by atoms with E-state index >= 15 is 0 Å². The van der Waals surface area contributed by atoms with Gasteiger partial charge in [-0.3, -0.25) is 0 Å². The van der Waals surface area contributed by atoms with Gasteiger partial charge in [-0.1, -0.05) is 18.2 Å². The molecule has 18 heavy (non-hydrogen) atoms. The molecule has 0 unspecified atom stereocenters. The van der Waals surface area contributed by atoms with Gasteiger partial charge >= 0.3 is 5.97 Å². The number of nitrogens with zero attached hydrogens (tertiary/aromatic N) is 1. The number of aromatic nitrogens is 1. The first-order valence-electron chi connectivity index (χ1n) is 5.29. The summed E-state index contributed by atoms with van der Waals surface area (Å²) in [5.41, 5.74) is 6.37. The zero-order chi connectivity index (χ0) is 13.0. The highest BCUT2D eigenvalue weighted by Crippen LogP contribution is 2.09. The highest BCUT2D eigenvalue weighted by atomic mass is 19.1. The number of hydrogen-bond acceptors (Lipinski definition) is 4. The fourth-order valence-corrected chi connectivity index (χ4v) is 1.36. The van der Waals surface area contributed by atoms with Crippen molar-refractivity contribution in [3.8, 4) is 0 Å². The van der Waals surface area contributed by atoms with E-state index in [0.29, 0.717) is 11.3 Å². The van der Waals surface area contributed by atoms with Gasteiger partial charge in [0.15, 0.2) is 0 Å². The molecule has 1 aromatic heterocycles. The number of ether oxygens (including phenoxy) is 1. The molecule has 0 bridgehead atoms. The van der Waals surface area contributed by atoms with Crippen molar-refractivity contribution >= 4 is 11.7 Å². The molecular weight excluding hydrogens is 235 g/mol. The quantitative estimate of drug-likeness (QED) is 0.843. The number of carbonyl (C=O) groups is 1. The van der Waals surface area contributed by atoms with Gasteiger partial charge in [0.2, 0.25) is 0 Å². The number of benzene rings is 1. The van der Waals surface area contributed by atoms with Crippen LogP contribution < -0.4 is 5.73 Å². The van der Waals surface area contributed by atoms with Crippen LogP contribution in [0.5, 0.6) is 0 Å². The minimum absolute atomic E-state index is 0.127. The van der Waals surface area contributed by atoms with Crippen LogP contribution >= 0.6 is 0 Å². The Balaban J connectivity index is 2.01. The van der Waals surface area contributed by atoms with Crippen molar-refractivity contribution in [2.45, 2.75) is 6.61 Å². The molecule has 0 saturated carbocycles. The van der Waals surface area contributed by atoms with Crippen LogP contribution in [-0.2, 0) is 11.3 Å². The Bertz CT molecular complexity index is 555. The fourth-order valence-electron chi connectivity index (χ4n) is 1.36. The Kier molecular flexibility index (Phi) is 3.52. The predicted octanol–water partition coefficient (Wildman–Crippen LogP) is 2.16. The SMILES string of the molecule is Nc1ccc(C(=O)OCc2ccccc2F)nc1. The molecule has 2 rings (SSSR count). The van der Waals surface area contributed by atoms with E-state index in [9.17, 15) is 9.18 Å². The highest BCUT2D eigenvalue weighted by molar-refractivity contribution is 5.87. The number of hydrogen-bond donors (Lipinski definition) is 1. The van der Waals surface area contributed by atoms with Gasteiger partial charge < -0.3 is 10.5 Å². The number of carbonyl (C=O) groups excluding carboxylic acids is 1. The highest BCUT2D eigenvalue weighted by Gasteiger charge is 2.10. The molecule has 0 amide bonds. The molecule has 2 N–H and O–H groups in total. The number of anilines is 1. The lowest BCUT2D eigenvalue weighted by molar-refractivity contribution is 0.0462. The van der Waals surface area contributed by atoms with E-state index in [2.05, 4.69) is 4.98 Å². The van der Waals surface area contributed by atoms with Crippen LogP contribution in [-0.4, -0.2) is 11.0 Å². The van der Waals surface area contributed by atoms with E-state index in [1.54, 1.807) is 24.3 Å². The van der Waals surface area contributed by atoms with E-state index in [-0.39, 0.29) is 12.3 Å². The molecule has 92 valence electrons. The Hall–Kier alpha value is -2.43. The van der Waals surface area contributed by atoms with Crippen molar-refractivity contribution in [3.63, 3.8) is 0 Å². The van der Waals surface area contributed by atoms with Crippen LogP contribution in [0.3, 0.4) is 0 Å². The van der Waals surface area contributed by atoms with E-state index in [1.165, 1.54) is 18.3 Å². The largest absolute Gasteiger partial charge is 0.456 e. The van der Waals surface area contributed by atoms with Crippen molar-refractivity contribution in [2.75, 3.05) is 5.73 Å². The second-order valence-electron chi connectivity index (χ2n) is 3.64. The molecule has 0 aliphatic rings. The summed E-state index contributed by atoms with van der Waals surface area (Å²) >= 11 is 0. The van der Waals surface area contributed by atoms with Gasteiger partial charge in [-0.15, -0.1) is 0 Å². The zero-order valence-electron chi connectivity index (χ0n) is 9.47. The maximum absolute atomic E-state index is 13.3. The predicted molar refractivity (Wildman–Crippen MR) is 64.2 cm³/mol. The molecule has 0 radical (unpaired) electrons. The van der Waals surface area contributed by atoms with Crippen molar-refractivity contribution in [1.29, 1.82) is 0 Å². The maximum Gasteiger partial charge on any atom is 0.357 e. The van der Waals surface area contributed by atoms with Crippen LogP contribution in [0.15, 0.2) is 42.6 Å². The summed E-state index contributed by atoms with van der Waals surface area (Å²) in [5, 5.41) is 0. The minimum Gasteiger partial charge on any atom is -0.456 e. The monoisotopic (exact) mass is 246 g/mol. The molecular formula is C13H11FN2O2. The second kappa shape index (κ2) is 5.27. The number of nitrogens with two attached hydrogens (primary N) is 1. The molecule has 0 fully saturated rings.